The zero-order valence-corrected chi connectivity index (χ0v) is 16.3. The summed E-state index contributed by atoms with van der Waals surface area (Å²) in [5, 5.41) is 22.1. The van der Waals surface area contributed by atoms with Gasteiger partial charge in [-0.25, -0.2) is 0 Å². The summed E-state index contributed by atoms with van der Waals surface area (Å²) in [6.45, 7) is 2.16. The van der Waals surface area contributed by atoms with Crippen LogP contribution in [0.5, 0.6) is 0 Å². The van der Waals surface area contributed by atoms with Crippen LogP contribution in [0.1, 0.15) is 84.0 Å². The van der Waals surface area contributed by atoms with E-state index in [0.29, 0.717) is 25.7 Å². The van der Waals surface area contributed by atoms with E-state index in [0.717, 1.165) is 25.5 Å². The third kappa shape index (κ3) is 14.5. The molecular weight excluding hydrogens is 348 g/mol. The molecule has 0 aliphatic carbocycles. The fourth-order valence-corrected chi connectivity index (χ4v) is 2.54. The minimum atomic E-state index is -0.450. The number of carbonyl (C=O) groups excluding carboxylic acids is 1. The predicted octanol–water partition coefficient (Wildman–Crippen LogP) is 5.76. The molecule has 0 rings (SSSR count). The highest BCUT2D eigenvalue weighted by Crippen LogP contribution is 2.12. The van der Waals surface area contributed by atoms with Gasteiger partial charge in [0.2, 0.25) is 11.4 Å². The maximum atomic E-state index is 11.1. The van der Waals surface area contributed by atoms with Crippen LogP contribution in [0.4, 0.5) is 0 Å². The second kappa shape index (κ2) is 17.1. The molecule has 0 saturated heterocycles. The highest BCUT2D eigenvalue weighted by Gasteiger charge is 2.09. The minimum absolute atomic E-state index is 0.0517. The van der Waals surface area contributed by atoms with Gasteiger partial charge in [-0.3, -0.25) is 20.2 Å². The van der Waals surface area contributed by atoms with E-state index in [4.69, 9.17) is 0 Å². The van der Waals surface area contributed by atoms with Gasteiger partial charge in [-0.2, -0.15) is 0 Å². The van der Waals surface area contributed by atoms with Crippen molar-refractivity contribution < 1.29 is 14.6 Å². The van der Waals surface area contributed by atoms with Gasteiger partial charge in [-0.1, -0.05) is 51.2 Å². The lowest BCUT2D eigenvalue weighted by molar-refractivity contribution is -0.427. The van der Waals surface area contributed by atoms with E-state index in [1.807, 2.05) is 0 Å². The Morgan fingerprint density at radius 1 is 0.741 bits per heavy atom. The first-order chi connectivity index (χ1) is 13.0. The average Bonchev–Trinajstić information content (AvgIpc) is 2.63. The van der Waals surface area contributed by atoms with E-state index in [2.05, 4.69) is 6.92 Å². The van der Waals surface area contributed by atoms with Crippen molar-refractivity contribution in [1.82, 2.24) is 0 Å². The molecule has 0 bridgehead atoms. The number of allylic oxidation sites excluding steroid dienone is 4. The predicted molar refractivity (Wildman–Crippen MR) is 106 cm³/mol. The molecule has 0 aromatic carbocycles. The lowest BCUT2D eigenvalue weighted by atomic mass is 10.1. The first-order valence-electron chi connectivity index (χ1n) is 9.78. The van der Waals surface area contributed by atoms with E-state index in [1.54, 1.807) is 18.2 Å². The van der Waals surface area contributed by atoms with E-state index < -0.39 is 4.92 Å². The SMILES string of the molecule is CCCCCCCC/C=C(/C/C=C/C/C(=C/CCCC=O)[N+](=O)[O-])[N+](=O)[O-]. The number of hydrogen-bond donors (Lipinski definition) is 0. The maximum Gasteiger partial charge on any atom is 0.246 e. The smallest absolute Gasteiger partial charge is 0.246 e. The standard InChI is InChI=1S/C20H32N2O5/c1-2-3-4-5-6-7-9-14-19(21(24)25)16-11-12-17-20(22(26)27)15-10-8-13-18-23/h11-12,14-15,18H,2-10,13,16-17H2,1H3/b12-11+,19-14-,20-15-. The van der Waals surface area contributed by atoms with Crippen molar-refractivity contribution in [2.24, 2.45) is 0 Å². The molecule has 0 aromatic rings. The topological polar surface area (TPSA) is 103 Å². The Balaban J connectivity index is 4.36. The van der Waals surface area contributed by atoms with E-state index >= 15 is 0 Å². The summed E-state index contributed by atoms with van der Waals surface area (Å²) in [7, 11) is 0. The molecule has 7 heteroatoms. The molecule has 0 aromatic heterocycles. The first kappa shape index (κ1) is 24.7. The molecule has 0 saturated carbocycles. The van der Waals surface area contributed by atoms with E-state index in [-0.39, 0.29) is 29.2 Å². The van der Waals surface area contributed by atoms with Crippen LogP contribution in [0.15, 0.2) is 35.7 Å². The Labute approximate surface area is 161 Å². The Hall–Kier alpha value is -2.31. The Kier molecular flexibility index (Phi) is 15.7. The Bertz CT molecular complexity index is 538. The summed E-state index contributed by atoms with van der Waals surface area (Å²) in [4.78, 5) is 31.5. The second-order valence-electron chi connectivity index (χ2n) is 6.44. The van der Waals surface area contributed by atoms with Gasteiger partial charge in [0.25, 0.3) is 0 Å². The van der Waals surface area contributed by atoms with Crippen LogP contribution in [0.3, 0.4) is 0 Å². The van der Waals surface area contributed by atoms with Crippen LogP contribution in [-0.2, 0) is 4.79 Å². The highest BCUT2D eigenvalue weighted by molar-refractivity contribution is 5.49. The number of unbranched alkanes of at least 4 members (excludes halogenated alkanes) is 8. The van der Waals surface area contributed by atoms with Gasteiger partial charge in [0.1, 0.15) is 6.29 Å². The Morgan fingerprint density at radius 3 is 1.70 bits per heavy atom. The fraction of sp³-hybridized carbons (Fsp3) is 0.650. The molecule has 0 aliphatic rings. The van der Waals surface area contributed by atoms with Gasteiger partial charge >= 0.3 is 0 Å². The summed E-state index contributed by atoms with van der Waals surface area (Å²) in [5.74, 6) is 0. The zero-order valence-electron chi connectivity index (χ0n) is 16.3. The van der Waals surface area contributed by atoms with Crippen molar-refractivity contribution in [3.05, 3.63) is 55.9 Å². The van der Waals surface area contributed by atoms with Crippen LogP contribution < -0.4 is 0 Å². The monoisotopic (exact) mass is 380 g/mol. The molecule has 0 heterocycles. The zero-order chi connectivity index (χ0) is 20.3. The van der Waals surface area contributed by atoms with Crippen LogP contribution in [0.2, 0.25) is 0 Å². The van der Waals surface area contributed by atoms with E-state index in [1.165, 1.54) is 25.3 Å². The minimum Gasteiger partial charge on any atom is -0.303 e. The molecule has 7 nitrogen and oxygen atoms in total. The molecule has 152 valence electrons. The molecular formula is C20H32N2O5. The third-order valence-electron chi connectivity index (χ3n) is 4.13. The number of nitrogens with zero attached hydrogens (tertiary/aromatic N) is 2. The molecule has 0 atom stereocenters. The van der Waals surface area contributed by atoms with Crippen molar-refractivity contribution in [2.45, 2.75) is 84.0 Å². The van der Waals surface area contributed by atoms with Crippen LogP contribution >= 0.6 is 0 Å². The number of hydrogen-bond acceptors (Lipinski definition) is 5. The normalized spacial score (nSPS) is 12.5. The Morgan fingerprint density at radius 2 is 1.22 bits per heavy atom. The van der Waals surface area contributed by atoms with Crippen LogP contribution in [0, 0.1) is 20.2 Å². The molecule has 0 fully saturated rings. The molecule has 27 heavy (non-hydrogen) atoms. The van der Waals surface area contributed by atoms with Crippen molar-refractivity contribution in [3.8, 4) is 0 Å². The third-order valence-corrected chi connectivity index (χ3v) is 4.13. The molecule has 0 unspecified atom stereocenters. The van der Waals surface area contributed by atoms with Gasteiger partial charge in [0.05, 0.1) is 22.7 Å². The molecule has 0 spiro atoms. The fourth-order valence-electron chi connectivity index (χ4n) is 2.54. The molecule has 0 amide bonds. The second-order valence-corrected chi connectivity index (χ2v) is 6.44. The summed E-state index contributed by atoms with van der Waals surface area (Å²) in [6.07, 6.45) is 16.4. The summed E-state index contributed by atoms with van der Waals surface area (Å²) in [6, 6.07) is 0. The van der Waals surface area contributed by atoms with E-state index in [9.17, 15) is 25.0 Å². The van der Waals surface area contributed by atoms with Crippen LogP contribution in [-0.4, -0.2) is 16.1 Å². The van der Waals surface area contributed by atoms with Crippen molar-refractivity contribution in [2.75, 3.05) is 0 Å². The lowest BCUT2D eigenvalue weighted by Crippen LogP contribution is -1.99. The average molecular weight is 380 g/mol. The van der Waals surface area contributed by atoms with Crippen molar-refractivity contribution in [3.63, 3.8) is 0 Å². The van der Waals surface area contributed by atoms with Crippen molar-refractivity contribution in [1.29, 1.82) is 0 Å². The van der Waals surface area contributed by atoms with Gasteiger partial charge in [0, 0.05) is 6.42 Å². The van der Waals surface area contributed by atoms with Gasteiger partial charge < -0.3 is 4.79 Å². The number of nitro groups is 2. The largest absolute Gasteiger partial charge is 0.303 e. The molecule has 0 N–H and O–H groups in total. The summed E-state index contributed by atoms with van der Waals surface area (Å²) in [5.41, 5.74) is 0.188. The summed E-state index contributed by atoms with van der Waals surface area (Å²) < 4.78 is 0. The van der Waals surface area contributed by atoms with Crippen LogP contribution in [0.25, 0.3) is 0 Å². The number of rotatable bonds is 17. The van der Waals surface area contributed by atoms with Gasteiger partial charge in [0.15, 0.2) is 0 Å². The van der Waals surface area contributed by atoms with Crippen molar-refractivity contribution >= 4 is 6.29 Å². The molecule has 0 aliphatic heterocycles. The first-order valence-corrected chi connectivity index (χ1v) is 9.78. The maximum absolute atomic E-state index is 11.1. The van der Waals surface area contributed by atoms with Gasteiger partial charge in [-0.05, 0) is 37.8 Å². The summed E-state index contributed by atoms with van der Waals surface area (Å²) >= 11 is 0. The molecule has 0 radical (unpaired) electrons. The quantitative estimate of drug-likeness (QED) is 0.105. The van der Waals surface area contributed by atoms with Gasteiger partial charge in [-0.15, -0.1) is 0 Å². The number of carbonyl (C=O) groups is 1. The lowest BCUT2D eigenvalue weighted by Gasteiger charge is -1.99. The number of aldehydes is 1. The highest BCUT2D eigenvalue weighted by atomic mass is 16.6.